The van der Waals surface area contributed by atoms with Crippen molar-refractivity contribution in [2.45, 2.75) is 24.8 Å². The van der Waals surface area contributed by atoms with E-state index in [1.165, 1.54) is 42.8 Å². The van der Waals surface area contributed by atoms with E-state index >= 15 is 0 Å². The summed E-state index contributed by atoms with van der Waals surface area (Å²) in [5.41, 5.74) is 0.594. The van der Waals surface area contributed by atoms with Crippen LogP contribution in [-0.4, -0.2) is 30.1 Å². The molecule has 2 heterocycles. The summed E-state index contributed by atoms with van der Waals surface area (Å²) >= 11 is 0. The topological polar surface area (TPSA) is 136 Å². The number of carbonyl (C=O) groups is 1. The van der Waals surface area contributed by atoms with Crippen LogP contribution in [0.5, 0.6) is 0 Å². The Morgan fingerprint density at radius 1 is 1.31 bits per heavy atom. The highest BCUT2D eigenvalue weighted by atomic mass is 32.2. The van der Waals surface area contributed by atoms with Crippen molar-refractivity contribution in [2.24, 2.45) is 7.05 Å². The number of rotatable bonds is 5. The molecule has 2 N–H and O–H groups in total. The maximum atomic E-state index is 12.5. The first-order valence-electron chi connectivity index (χ1n) is 7.53. The van der Waals surface area contributed by atoms with E-state index in [9.17, 15) is 18.0 Å². The number of sulfonamides is 1. The van der Waals surface area contributed by atoms with Gasteiger partial charge in [-0.05, 0) is 26.0 Å². The van der Waals surface area contributed by atoms with Crippen LogP contribution in [-0.2, 0) is 21.9 Å². The number of fused-ring (bicyclic) bond motifs is 1. The van der Waals surface area contributed by atoms with Crippen LogP contribution in [0.3, 0.4) is 0 Å². The highest BCUT2D eigenvalue weighted by Gasteiger charge is 2.23. The molecule has 1 atom stereocenters. The fourth-order valence-corrected chi connectivity index (χ4v) is 3.51. The molecule has 0 saturated carbocycles. The number of amides is 1. The summed E-state index contributed by atoms with van der Waals surface area (Å²) < 4.78 is 38.3. The fraction of sp³-hybridized carbons (Fsp3) is 0.267. The molecule has 138 valence electrons. The first kappa shape index (κ1) is 17.9. The van der Waals surface area contributed by atoms with Crippen molar-refractivity contribution in [2.75, 3.05) is 5.32 Å². The molecule has 0 unspecified atom stereocenters. The number of nitrogens with one attached hydrogen (secondary N) is 2. The Labute approximate surface area is 147 Å². The first-order valence-corrected chi connectivity index (χ1v) is 9.02. The molecule has 0 spiro atoms. The van der Waals surface area contributed by atoms with Gasteiger partial charge in [-0.1, -0.05) is 5.16 Å². The van der Waals surface area contributed by atoms with E-state index in [0.717, 1.165) is 0 Å². The molecule has 0 aliphatic rings. The highest BCUT2D eigenvalue weighted by Crippen LogP contribution is 2.18. The fourth-order valence-electron chi connectivity index (χ4n) is 2.30. The smallest absolute Gasteiger partial charge is 0.408 e. The van der Waals surface area contributed by atoms with Crippen molar-refractivity contribution >= 4 is 32.8 Å². The van der Waals surface area contributed by atoms with Gasteiger partial charge < -0.3 is 14.3 Å². The molecule has 3 aromatic rings. The zero-order valence-corrected chi connectivity index (χ0v) is 15.0. The molecule has 1 amide bonds. The molecule has 0 radical (unpaired) electrons. The average Bonchev–Trinajstić information content (AvgIpc) is 3.10. The molecule has 1 aromatic carbocycles. The Kier molecular flexibility index (Phi) is 4.42. The van der Waals surface area contributed by atoms with Gasteiger partial charge in [0.05, 0.1) is 16.5 Å². The third kappa shape index (κ3) is 3.39. The molecule has 10 nitrogen and oxygen atoms in total. The average molecular weight is 380 g/mol. The second-order valence-electron chi connectivity index (χ2n) is 5.71. The molecule has 0 fully saturated rings. The summed E-state index contributed by atoms with van der Waals surface area (Å²) in [7, 11) is -2.50. The Morgan fingerprint density at radius 3 is 2.69 bits per heavy atom. The minimum absolute atomic E-state index is 0.128. The van der Waals surface area contributed by atoms with Gasteiger partial charge in [0.15, 0.2) is 11.4 Å². The minimum Gasteiger partial charge on any atom is -0.408 e. The van der Waals surface area contributed by atoms with Gasteiger partial charge in [-0.25, -0.2) is 13.2 Å². The number of aryl methyl sites for hydroxylation is 2. The van der Waals surface area contributed by atoms with E-state index in [-0.39, 0.29) is 16.3 Å². The molecule has 0 aliphatic heterocycles. The monoisotopic (exact) mass is 380 g/mol. The van der Waals surface area contributed by atoms with Gasteiger partial charge >= 0.3 is 5.76 Å². The molecule has 26 heavy (non-hydrogen) atoms. The summed E-state index contributed by atoms with van der Waals surface area (Å²) in [5.74, 6) is -0.510. The van der Waals surface area contributed by atoms with Gasteiger partial charge in [0.2, 0.25) is 15.9 Å². The molecule has 11 heteroatoms. The number of hydrogen-bond acceptors (Lipinski definition) is 7. The van der Waals surface area contributed by atoms with Gasteiger partial charge in [-0.3, -0.25) is 9.36 Å². The van der Waals surface area contributed by atoms with Crippen LogP contribution in [0.1, 0.15) is 12.7 Å². The minimum atomic E-state index is -4.01. The lowest BCUT2D eigenvalue weighted by atomic mass is 10.3. The van der Waals surface area contributed by atoms with Crippen molar-refractivity contribution in [1.82, 2.24) is 14.4 Å². The molecule has 2 aromatic heterocycles. The van der Waals surface area contributed by atoms with Crippen molar-refractivity contribution in [1.29, 1.82) is 0 Å². The quantitative estimate of drug-likeness (QED) is 0.666. The number of hydrogen-bond donors (Lipinski definition) is 2. The largest absolute Gasteiger partial charge is 0.419 e. The molecule has 0 aliphatic carbocycles. The number of oxazole rings is 1. The lowest BCUT2D eigenvalue weighted by Crippen LogP contribution is -2.41. The third-order valence-corrected chi connectivity index (χ3v) is 5.22. The number of anilines is 1. The lowest BCUT2D eigenvalue weighted by molar-refractivity contribution is -0.117. The third-order valence-electron chi connectivity index (χ3n) is 3.68. The molecular formula is C15H16N4O6S. The van der Waals surface area contributed by atoms with Crippen LogP contribution in [0.25, 0.3) is 11.1 Å². The van der Waals surface area contributed by atoms with E-state index in [1.807, 2.05) is 0 Å². The van der Waals surface area contributed by atoms with Gasteiger partial charge in [0, 0.05) is 19.2 Å². The van der Waals surface area contributed by atoms with Crippen LogP contribution in [0.2, 0.25) is 0 Å². The standard InChI is InChI=1S/C15H16N4O6S/c1-8-6-13(17-25-8)16-14(20)9(2)18-26(22,23)10-4-5-11-12(7-10)24-15(21)19(11)3/h4-7,9,18H,1-3H3,(H,16,17,20)/t9-/m1/s1. The zero-order chi connectivity index (χ0) is 19.1. The Balaban J connectivity index is 1.79. The van der Waals surface area contributed by atoms with Crippen molar-refractivity contribution < 1.29 is 22.2 Å². The Morgan fingerprint density at radius 2 is 2.04 bits per heavy atom. The number of nitrogens with zero attached hydrogens (tertiary/aromatic N) is 2. The lowest BCUT2D eigenvalue weighted by Gasteiger charge is -2.13. The van der Waals surface area contributed by atoms with E-state index in [4.69, 9.17) is 8.94 Å². The number of carbonyl (C=O) groups excluding carboxylic acids is 1. The van der Waals surface area contributed by atoms with Crippen LogP contribution in [0, 0.1) is 6.92 Å². The summed E-state index contributed by atoms with van der Waals surface area (Å²) in [5, 5.41) is 6.05. The normalized spacial score (nSPS) is 13.0. The molecule has 0 saturated heterocycles. The maximum absolute atomic E-state index is 12.5. The molecule has 0 bridgehead atoms. The second kappa shape index (κ2) is 6.42. The van der Waals surface area contributed by atoms with Gasteiger partial charge in [-0.15, -0.1) is 0 Å². The van der Waals surface area contributed by atoms with E-state index in [1.54, 1.807) is 6.92 Å². The van der Waals surface area contributed by atoms with Crippen LogP contribution < -0.4 is 15.8 Å². The van der Waals surface area contributed by atoms with Crippen molar-refractivity contribution in [3.63, 3.8) is 0 Å². The summed E-state index contributed by atoms with van der Waals surface area (Å²) in [6.07, 6.45) is 0. The summed E-state index contributed by atoms with van der Waals surface area (Å²) in [4.78, 5) is 23.5. The summed E-state index contributed by atoms with van der Waals surface area (Å²) in [6, 6.07) is 4.44. The molecular weight excluding hydrogens is 364 g/mol. The predicted octanol–water partition coefficient (Wildman–Crippen LogP) is 0.733. The van der Waals surface area contributed by atoms with E-state index in [0.29, 0.717) is 11.3 Å². The van der Waals surface area contributed by atoms with Crippen molar-refractivity contribution in [3.8, 4) is 0 Å². The Hall–Kier alpha value is -2.92. The predicted molar refractivity (Wildman–Crippen MR) is 91.1 cm³/mol. The first-order chi connectivity index (χ1) is 12.2. The number of aromatic nitrogens is 2. The zero-order valence-electron chi connectivity index (χ0n) is 14.1. The SMILES string of the molecule is Cc1cc(NC(=O)[C@@H](C)NS(=O)(=O)c2ccc3c(c2)oc(=O)n3C)no1. The van der Waals surface area contributed by atoms with Gasteiger partial charge in [0.1, 0.15) is 5.76 Å². The van der Waals surface area contributed by atoms with Crippen molar-refractivity contribution in [3.05, 3.63) is 40.6 Å². The molecule has 3 rings (SSSR count). The summed E-state index contributed by atoms with van der Waals surface area (Å²) in [6.45, 7) is 3.05. The Bertz CT molecular complexity index is 1140. The van der Waals surface area contributed by atoms with E-state index in [2.05, 4.69) is 15.2 Å². The van der Waals surface area contributed by atoms with Gasteiger partial charge in [-0.2, -0.15) is 4.72 Å². The van der Waals surface area contributed by atoms with Gasteiger partial charge in [0.25, 0.3) is 0 Å². The highest BCUT2D eigenvalue weighted by molar-refractivity contribution is 7.89. The van der Waals surface area contributed by atoms with Crippen LogP contribution in [0.15, 0.2) is 42.9 Å². The van der Waals surface area contributed by atoms with Crippen LogP contribution in [0.4, 0.5) is 5.82 Å². The maximum Gasteiger partial charge on any atom is 0.419 e. The van der Waals surface area contributed by atoms with E-state index < -0.39 is 27.7 Å². The van der Waals surface area contributed by atoms with Crippen LogP contribution >= 0.6 is 0 Å². The number of benzene rings is 1. The second-order valence-corrected chi connectivity index (χ2v) is 7.43.